The predicted octanol–water partition coefficient (Wildman–Crippen LogP) is 2.24. The molecule has 0 atom stereocenters. The Morgan fingerprint density at radius 2 is 2.05 bits per heavy atom. The van der Waals surface area contributed by atoms with Crippen LogP contribution in [0.3, 0.4) is 0 Å². The summed E-state index contributed by atoms with van der Waals surface area (Å²) in [6.45, 7) is 1.93. The predicted molar refractivity (Wildman–Crippen MR) is 82.6 cm³/mol. The van der Waals surface area contributed by atoms with E-state index in [1.165, 1.54) is 0 Å². The maximum Gasteiger partial charge on any atom is 0.263 e. The van der Waals surface area contributed by atoms with E-state index in [2.05, 4.69) is 20.2 Å². The van der Waals surface area contributed by atoms with Gasteiger partial charge < -0.3 is 10.3 Å². The second-order valence-corrected chi connectivity index (χ2v) is 5.68. The van der Waals surface area contributed by atoms with Crippen molar-refractivity contribution in [1.29, 1.82) is 0 Å². The fourth-order valence-electron chi connectivity index (χ4n) is 2.87. The summed E-state index contributed by atoms with van der Waals surface area (Å²) in [7, 11) is 0. The van der Waals surface area contributed by atoms with E-state index in [0.717, 1.165) is 36.9 Å². The lowest BCUT2D eigenvalue weighted by Crippen LogP contribution is -2.34. The first-order valence-corrected chi connectivity index (χ1v) is 7.10. The summed E-state index contributed by atoms with van der Waals surface area (Å²) >= 11 is 0. The van der Waals surface area contributed by atoms with Crippen molar-refractivity contribution < 1.29 is 4.52 Å². The largest absolute Gasteiger partial charge is 0.334 e. The first-order valence-electron chi connectivity index (χ1n) is 7.10. The van der Waals surface area contributed by atoms with Crippen LogP contribution in [0, 0.1) is 6.92 Å². The summed E-state index contributed by atoms with van der Waals surface area (Å²) in [4.78, 5) is 8.97. The molecule has 8 heteroatoms. The topological polar surface area (TPSA) is 95.1 Å². The number of halogens is 1. The first-order chi connectivity index (χ1) is 10.2. The summed E-state index contributed by atoms with van der Waals surface area (Å²) in [5, 5.41) is 8.33. The van der Waals surface area contributed by atoms with Crippen LogP contribution >= 0.6 is 12.4 Å². The Hall–Kier alpha value is -1.99. The summed E-state index contributed by atoms with van der Waals surface area (Å²) < 4.78 is 7.09. The van der Waals surface area contributed by atoms with Crippen molar-refractivity contribution in [3.05, 3.63) is 30.0 Å². The number of fused-ring (bicyclic) bond motifs is 1. The van der Waals surface area contributed by atoms with Crippen molar-refractivity contribution in [2.45, 2.75) is 38.1 Å². The van der Waals surface area contributed by atoms with E-state index in [-0.39, 0.29) is 12.4 Å². The van der Waals surface area contributed by atoms with Crippen molar-refractivity contribution >= 4 is 18.1 Å². The van der Waals surface area contributed by atoms with Gasteiger partial charge in [0.25, 0.3) is 5.89 Å². The van der Waals surface area contributed by atoms with Gasteiger partial charge in [-0.1, -0.05) is 18.0 Å². The van der Waals surface area contributed by atoms with Gasteiger partial charge in [0.05, 0.1) is 11.7 Å². The number of nitrogens with zero attached hydrogens (tertiary/aromatic N) is 5. The molecule has 0 amide bonds. The highest BCUT2D eigenvalue weighted by Gasteiger charge is 2.36. The van der Waals surface area contributed by atoms with Crippen molar-refractivity contribution in [3.8, 4) is 11.5 Å². The van der Waals surface area contributed by atoms with Crippen molar-refractivity contribution in [2.24, 2.45) is 5.73 Å². The van der Waals surface area contributed by atoms with E-state index in [4.69, 9.17) is 10.3 Å². The number of hydrogen-bond acceptors (Lipinski definition) is 6. The lowest BCUT2D eigenvalue weighted by Gasteiger charge is -2.17. The smallest absolute Gasteiger partial charge is 0.263 e. The molecule has 1 aliphatic rings. The Morgan fingerprint density at radius 3 is 2.82 bits per heavy atom. The molecule has 7 nitrogen and oxygen atoms in total. The number of rotatable bonds is 2. The fraction of sp³-hybridized carbons (Fsp3) is 0.429. The van der Waals surface area contributed by atoms with Crippen LogP contribution in [-0.2, 0) is 5.54 Å². The van der Waals surface area contributed by atoms with Gasteiger partial charge in [-0.3, -0.25) is 0 Å². The van der Waals surface area contributed by atoms with Gasteiger partial charge in [-0.15, -0.1) is 12.4 Å². The van der Waals surface area contributed by atoms with Crippen LogP contribution in [0.1, 0.15) is 37.2 Å². The van der Waals surface area contributed by atoms with Crippen LogP contribution in [0.25, 0.3) is 17.1 Å². The van der Waals surface area contributed by atoms with Crippen LogP contribution in [0.15, 0.2) is 23.0 Å². The third-order valence-corrected chi connectivity index (χ3v) is 4.11. The van der Waals surface area contributed by atoms with Crippen LogP contribution in [0.5, 0.6) is 0 Å². The standard InChI is InChI=1S/C14H16N6O.ClH/c1-9-4-7-20-11(17-9)10(8-16-20)12-18-13(19-21-12)14(15)5-2-3-6-14;/h4,7-8H,2-3,5-6,15H2,1H3;1H. The third kappa shape index (κ3) is 2.26. The van der Waals surface area contributed by atoms with Crippen LogP contribution in [0.4, 0.5) is 0 Å². The van der Waals surface area contributed by atoms with Gasteiger partial charge in [0.1, 0.15) is 5.56 Å². The SMILES string of the molecule is Cc1ccn2ncc(-c3nc(C4(N)CCCC4)no3)c2n1.Cl. The number of nitrogens with two attached hydrogens (primary N) is 1. The average molecular weight is 321 g/mol. The molecule has 22 heavy (non-hydrogen) atoms. The van der Waals surface area contributed by atoms with Gasteiger partial charge in [0.2, 0.25) is 0 Å². The molecule has 3 heterocycles. The highest BCUT2D eigenvalue weighted by Crippen LogP contribution is 2.35. The summed E-state index contributed by atoms with van der Waals surface area (Å²) in [5.41, 5.74) is 8.27. The minimum Gasteiger partial charge on any atom is -0.334 e. The normalized spacial score (nSPS) is 16.8. The molecule has 0 aromatic carbocycles. The molecule has 0 spiro atoms. The Morgan fingerprint density at radius 1 is 1.27 bits per heavy atom. The summed E-state index contributed by atoms with van der Waals surface area (Å²) in [6.07, 6.45) is 7.57. The second-order valence-electron chi connectivity index (χ2n) is 5.68. The van der Waals surface area contributed by atoms with E-state index < -0.39 is 5.54 Å². The molecule has 0 aliphatic heterocycles. The maximum atomic E-state index is 6.36. The number of aryl methyl sites for hydroxylation is 1. The highest BCUT2D eigenvalue weighted by atomic mass is 35.5. The van der Waals surface area contributed by atoms with Gasteiger partial charge in [-0.2, -0.15) is 10.1 Å². The Balaban J connectivity index is 0.00000144. The molecule has 0 saturated heterocycles. The lowest BCUT2D eigenvalue weighted by atomic mass is 9.99. The zero-order valence-electron chi connectivity index (χ0n) is 12.2. The molecule has 3 aromatic rings. The highest BCUT2D eigenvalue weighted by molar-refractivity contribution is 5.85. The molecular formula is C14H17ClN6O. The molecule has 116 valence electrons. The van der Waals surface area contributed by atoms with Gasteiger partial charge in [-0.25, -0.2) is 9.50 Å². The van der Waals surface area contributed by atoms with Crippen molar-refractivity contribution in [2.75, 3.05) is 0 Å². The molecule has 1 saturated carbocycles. The average Bonchev–Trinajstić information content (AvgIpc) is 3.16. The van der Waals surface area contributed by atoms with Gasteiger partial charge in [-0.05, 0) is 25.8 Å². The van der Waals surface area contributed by atoms with Gasteiger partial charge >= 0.3 is 0 Å². The molecule has 3 aromatic heterocycles. The molecule has 1 fully saturated rings. The molecular weight excluding hydrogens is 304 g/mol. The maximum absolute atomic E-state index is 6.36. The van der Waals surface area contributed by atoms with E-state index in [1.54, 1.807) is 10.7 Å². The quantitative estimate of drug-likeness (QED) is 0.778. The van der Waals surface area contributed by atoms with Crippen LogP contribution < -0.4 is 5.73 Å². The number of hydrogen-bond donors (Lipinski definition) is 1. The summed E-state index contributed by atoms with van der Waals surface area (Å²) in [5.74, 6) is 1.01. The fourth-order valence-corrected chi connectivity index (χ4v) is 2.87. The van der Waals surface area contributed by atoms with Crippen molar-refractivity contribution in [3.63, 3.8) is 0 Å². The van der Waals surface area contributed by atoms with E-state index in [0.29, 0.717) is 17.4 Å². The number of aromatic nitrogens is 5. The monoisotopic (exact) mass is 320 g/mol. The van der Waals surface area contributed by atoms with Crippen molar-refractivity contribution in [1.82, 2.24) is 24.7 Å². The molecule has 0 unspecified atom stereocenters. The molecule has 1 aliphatic carbocycles. The van der Waals surface area contributed by atoms with E-state index in [9.17, 15) is 0 Å². The van der Waals surface area contributed by atoms with E-state index >= 15 is 0 Å². The lowest BCUT2D eigenvalue weighted by molar-refractivity contribution is 0.373. The summed E-state index contributed by atoms with van der Waals surface area (Å²) in [6, 6.07) is 1.90. The zero-order chi connectivity index (χ0) is 14.4. The Bertz CT molecular complexity index is 805. The molecule has 0 bridgehead atoms. The van der Waals surface area contributed by atoms with E-state index in [1.807, 2.05) is 19.2 Å². The van der Waals surface area contributed by atoms with Gasteiger partial charge in [0.15, 0.2) is 11.5 Å². The first kappa shape index (κ1) is 14.9. The third-order valence-electron chi connectivity index (χ3n) is 4.11. The van der Waals surface area contributed by atoms with Gasteiger partial charge in [0, 0.05) is 11.9 Å². The molecule has 2 N–H and O–H groups in total. The minimum atomic E-state index is -0.450. The Kier molecular flexibility index (Phi) is 3.62. The molecule has 0 radical (unpaired) electrons. The van der Waals surface area contributed by atoms with Crippen LogP contribution in [0.2, 0.25) is 0 Å². The molecule has 4 rings (SSSR count). The zero-order valence-corrected chi connectivity index (χ0v) is 13.0. The Labute approximate surface area is 133 Å². The minimum absolute atomic E-state index is 0. The van der Waals surface area contributed by atoms with Crippen LogP contribution in [-0.4, -0.2) is 24.7 Å². The second kappa shape index (κ2) is 5.33.